The molecule has 0 aliphatic carbocycles. The summed E-state index contributed by atoms with van der Waals surface area (Å²) in [6.07, 6.45) is 1.75. The van der Waals surface area contributed by atoms with Gasteiger partial charge in [0.1, 0.15) is 0 Å². The van der Waals surface area contributed by atoms with E-state index in [1.165, 1.54) is 21.6 Å². The van der Waals surface area contributed by atoms with Gasteiger partial charge in [0.25, 0.3) is 0 Å². The summed E-state index contributed by atoms with van der Waals surface area (Å²) >= 11 is 0. The van der Waals surface area contributed by atoms with Crippen molar-refractivity contribution in [3.8, 4) is 0 Å². The molecule has 3 atom stereocenters. The zero-order chi connectivity index (χ0) is 49.4. The Hall–Kier alpha value is -6.60. The molecule has 0 bridgehead atoms. The minimum absolute atomic E-state index is 0.0340. The standard InChI is InChI=1S/C41H73N17O8/c1-28(59)50-15-18-56(39(66)24-32(44)21-29-7-3-2-4-8-29)26-35(62)52-17-20-58(38(65)23-31(43)10-6-13-55-41(48)49)27-36(63)53-16-19-57(25-34(61)51-14-11-33(45)60)37(64)22-30(42)9-5-12-54-40(46)47/h2-4,7-8,30-32H,5-6,9-27,42-44H2,1H3,(H2,45,60)(H,50,59)(H,51,61)(H,52,62)(H,53,63)(H4,46,47,54)(H4,48,49,55)/t30-,31-,32-/m0/s1. The lowest BCUT2D eigenvalue weighted by atomic mass is 10.0. The molecule has 1 rings (SSSR count). The lowest BCUT2D eigenvalue weighted by Crippen LogP contribution is -2.49. The molecule has 0 saturated heterocycles. The maximum Gasteiger partial charge on any atom is 0.239 e. The summed E-state index contributed by atoms with van der Waals surface area (Å²) in [7, 11) is 0. The number of carbonyl (C=O) groups excluding carboxylic acids is 8. The van der Waals surface area contributed by atoms with E-state index < -0.39 is 72.6 Å². The molecule has 0 saturated carbocycles. The maximum absolute atomic E-state index is 13.6. The van der Waals surface area contributed by atoms with Crippen molar-refractivity contribution in [1.82, 2.24) is 36.0 Å². The number of aliphatic imine (C=N–C) groups is 2. The quantitative estimate of drug-likeness (QED) is 0.0174. The number of nitrogens with zero attached hydrogens (tertiary/aromatic N) is 5. The van der Waals surface area contributed by atoms with Crippen molar-refractivity contribution in [1.29, 1.82) is 0 Å². The Morgan fingerprint density at radius 3 is 1.30 bits per heavy atom. The van der Waals surface area contributed by atoms with Gasteiger partial charge < -0.3 is 81.8 Å². The van der Waals surface area contributed by atoms with E-state index in [0.717, 1.165) is 5.56 Å². The average molecular weight is 932 g/mol. The van der Waals surface area contributed by atoms with Crippen molar-refractivity contribution in [2.24, 2.45) is 55.9 Å². The minimum atomic E-state index is -0.623. The third-order valence-electron chi connectivity index (χ3n) is 9.62. The number of amides is 8. The molecule has 370 valence electrons. The first-order valence-electron chi connectivity index (χ1n) is 21.8. The van der Waals surface area contributed by atoms with Gasteiger partial charge in [-0.3, -0.25) is 48.3 Å². The Morgan fingerprint density at radius 2 is 0.924 bits per heavy atom. The van der Waals surface area contributed by atoms with Crippen molar-refractivity contribution in [3.05, 3.63) is 35.9 Å². The molecule has 66 heavy (non-hydrogen) atoms. The summed E-state index contributed by atoms with van der Waals surface area (Å²) in [6, 6.07) is 7.65. The van der Waals surface area contributed by atoms with Gasteiger partial charge in [0.15, 0.2) is 11.9 Å². The molecule has 0 aromatic heterocycles. The zero-order valence-electron chi connectivity index (χ0n) is 38.1. The van der Waals surface area contributed by atoms with E-state index in [0.29, 0.717) is 45.2 Å². The Bertz CT molecular complexity index is 1760. The molecule has 25 nitrogen and oxygen atoms in total. The van der Waals surface area contributed by atoms with Gasteiger partial charge in [0, 0.05) is 110 Å². The number of primary amides is 1. The molecule has 20 N–H and O–H groups in total. The van der Waals surface area contributed by atoms with E-state index in [-0.39, 0.29) is 95.9 Å². The lowest BCUT2D eigenvalue weighted by Gasteiger charge is -2.26. The van der Waals surface area contributed by atoms with Crippen LogP contribution < -0.4 is 67.1 Å². The number of guanidine groups is 2. The van der Waals surface area contributed by atoms with Crippen LogP contribution in [-0.2, 0) is 44.8 Å². The largest absolute Gasteiger partial charge is 0.370 e. The van der Waals surface area contributed by atoms with Gasteiger partial charge in [0.05, 0.1) is 19.6 Å². The molecular weight excluding hydrogens is 859 g/mol. The molecule has 25 heteroatoms. The van der Waals surface area contributed by atoms with Gasteiger partial charge in [-0.2, -0.15) is 0 Å². The smallest absolute Gasteiger partial charge is 0.239 e. The SMILES string of the molecule is CC(=O)NCCN(CC(=O)NCCN(CC(=O)NCCN(CC(=O)NCCC(N)=O)C(=O)C[C@@H](N)CCCN=C(N)N)C(=O)C[C@@H](N)CCCN=C(N)N)C(=O)C[C@@H](N)Cc1ccccc1. The fraction of sp³-hybridized carbons (Fsp3) is 0.610. The van der Waals surface area contributed by atoms with Crippen molar-refractivity contribution >= 4 is 59.2 Å². The summed E-state index contributed by atoms with van der Waals surface area (Å²) in [5.41, 5.74) is 46.3. The fourth-order valence-electron chi connectivity index (χ4n) is 6.29. The topological polar surface area (TPSA) is 427 Å². The summed E-state index contributed by atoms with van der Waals surface area (Å²) in [6.45, 7) is 0.307. The lowest BCUT2D eigenvalue weighted by molar-refractivity contribution is -0.137. The van der Waals surface area contributed by atoms with Crippen LogP contribution in [0.3, 0.4) is 0 Å². The number of hydrogen-bond donors (Lipinski definition) is 12. The number of nitrogens with one attached hydrogen (secondary N) is 4. The summed E-state index contributed by atoms with van der Waals surface area (Å²) in [4.78, 5) is 114. The van der Waals surface area contributed by atoms with Crippen molar-refractivity contribution < 1.29 is 38.4 Å². The van der Waals surface area contributed by atoms with Gasteiger partial charge in [-0.15, -0.1) is 0 Å². The molecular formula is C41H73N17O8. The molecule has 1 aromatic carbocycles. The first kappa shape index (κ1) is 57.4. The molecule has 0 aliphatic rings. The fourth-order valence-corrected chi connectivity index (χ4v) is 6.29. The zero-order valence-corrected chi connectivity index (χ0v) is 38.1. The van der Waals surface area contributed by atoms with E-state index in [4.69, 9.17) is 45.9 Å². The molecule has 0 unspecified atom stereocenters. The number of benzene rings is 1. The monoisotopic (exact) mass is 932 g/mol. The first-order chi connectivity index (χ1) is 31.2. The summed E-state index contributed by atoms with van der Waals surface area (Å²) < 4.78 is 0. The van der Waals surface area contributed by atoms with E-state index in [1.807, 2.05) is 30.3 Å². The highest BCUT2D eigenvalue weighted by atomic mass is 16.2. The Morgan fingerprint density at radius 1 is 0.545 bits per heavy atom. The molecule has 0 fully saturated rings. The van der Waals surface area contributed by atoms with Crippen LogP contribution in [0.15, 0.2) is 40.3 Å². The van der Waals surface area contributed by atoms with Crippen LogP contribution in [0, 0.1) is 0 Å². The highest BCUT2D eigenvalue weighted by Gasteiger charge is 2.24. The minimum Gasteiger partial charge on any atom is -0.370 e. The number of rotatable bonds is 34. The number of nitrogens with two attached hydrogens (primary N) is 8. The van der Waals surface area contributed by atoms with Gasteiger partial charge in [-0.05, 0) is 37.7 Å². The first-order valence-corrected chi connectivity index (χ1v) is 21.8. The highest BCUT2D eigenvalue weighted by molar-refractivity contribution is 5.87. The van der Waals surface area contributed by atoms with Crippen LogP contribution >= 0.6 is 0 Å². The molecule has 0 heterocycles. The van der Waals surface area contributed by atoms with Gasteiger partial charge in [-0.1, -0.05) is 30.3 Å². The summed E-state index contributed by atoms with van der Waals surface area (Å²) in [5, 5.41) is 10.5. The third kappa shape index (κ3) is 29.0. The van der Waals surface area contributed by atoms with Gasteiger partial charge in [-0.25, -0.2) is 0 Å². The second kappa shape index (κ2) is 33.0. The van der Waals surface area contributed by atoms with Crippen molar-refractivity contribution in [2.45, 2.75) is 82.8 Å². The molecule has 1 aromatic rings. The van der Waals surface area contributed by atoms with E-state index in [1.54, 1.807) is 0 Å². The average Bonchev–Trinajstić information content (AvgIpc) is 3.22. The third-order valence-corrected chi connectivity index (χ3v) is 9.62. The van der Waals surface area contributed by atoms with Crippen LogP contribution in [0.2, 0.25) is 0 Å². The van der Waals surface area contributed by atoms with Crippen molar-refractivity contribution in [2.75, 3.05) is 78.5 Å². The van der Waals surface area contributed by atoms with E-state index in [9.17, 15) is 38.4 Å². The van der Waals surface area contributed by atoms with Gasteiger partial charge >= 0.3 is 0 Å². The highest BCUT2D eigenvalue weighted by Crippen LogP contribution is 2.08. The second-order valence-electron chi connectivity index (χ2n) is 15.7. The van der Waals surface area contributed by atoms with Crippen LogP contribution in [0.25, 0.3) is 0 Å². The number of hydrogen-bond acceptors (Lipinski definition) is 13. The molecule has 0 spiro atoms. The van der Waals surface area contributed by atoms with Gasteiger partial charge in [0.2, 0.25) is 47.3 Å². The normalized spacial score (nSPS) is 12.0. The second-order valence-corrected chi connectivity index (χ2v) is 15.7. The van der Waals surface area contributed by atoms with E-state index in [2.05, 4.69) is 31.3 Å². The predicted octanol–water partition coefficient (Wildman–Crippen LogP) is -5.67. The Balaban J connectivity index is 3.04. The molecule has 0 radical (unpaired) electrons. The Kier molecular flexibility index (Phi) is 28.7. The van der Waals surface area contributed by atoms with Crippen LogP contribution in [0.5, 0.6) is 0 Å². The summed E-state index contributed by atoms with van der Waals surface area (Å²) in [5.74, 6) is -4.21. The molecule has 0 aliphatic heterocycles. The van der Waals surface area contributed by atoms with E-state index >= 15 is 0 Å². The Labute approximate surface area is 385 Å². The van der Waals surface area contributed by atoms with Crippen LogP contribution in [0.4, 0.5) is 0 Å². The molecule has 8 amide bonds. The number of carbonyl (C=O) groups is 8. The maximum atomic E-state index is 13.6. The predicted molar refractivity (Wildman–Crippen MR) is 249 cm³/mol. The van der Waals surface area contributed by atoms with Crippen LogP contribution in [-0.4, -0.2) is 171 Å². The van der Waals surface area contributed by atoms with Crippen LogP contribution in [0.1, 0.15) is 63.9 Å². The van der Waals surface area contributed by atoms with Crippen molar-refractivity contribution in [3.63, 3.8) is 0 Å².